The summed E-state index contributed by atoms with van der Waals surface area (Å²) in [4.78, 5) is 37.9. The number of alkyl halides is 2. The number of aliphatic hydroxyl groups is 2. The molecule has 0 heterocycles. The van der Waals surface area contributed by atoms with Gasteiger partial charge < -0.3 is 24.4 Å². The maximum absolute atomic E-state index is 13.4. The number of carbonyl (C=O) groups excluding carboxylic acids is 3. The fourth-order valence-corrected chi connectivity index (χ4v) is 9.66. The van der Waals surface area contributed by atoms with Crippen LogP contribution in [0.4, 0.5) is 8.78 Å². The summed E-state index contributed by atoms with van der Waals surface area (Å²) in [6.07, 6.45) is 5.14. The van der Waals surface area contributed by atoms with E-state index in [-0.39, 0.29) is 54.7 Å². The highest BCUT2D eigenvalue weighted by molar-refractivity contribution is 5.79. The van der Waals surface area contributed by atoms with E-state index in [4.69, 9.17) is 14.2 Å². The van der Waals surface area contributed by atoms with E-state index >= 15 is 0 Å². The van der Waals surface area contributed by atoms with Gasteiger partial charge in [0.1, 0.15) is 25.4 Å². The molecule has 8 bridgehead atoms. The Morgan fingerprint density at radius 3 is 2.00 bits per heavy atom. The van der Waals surface area contributed by atoms with Crippen LogP contribution >= 0.6 is 0 Å². The normalized spacial score (nSPS) is 45.1. The van der Waals surface area contributed by atoms with Crippen molar-refractivity contribution in [1.82, 2.24) is 0 Å². The van der Waals surface area contributed by atoms with Crippen molar-refractivity contribution < 1.29 is 47.6 Å². The molecule has 0 saturated heterocycles. The van der Waals surface area contributed by atoms with Crippen molar-refractivity contribution in [2.45, 2.75) is 94.9 Å². The van der Waals surface area contributed by atoms with Crippen molar-refractivity contribution in [3.05, 3.63) is 0 Å². The van der Waals surface area contributed by atoms with Gasteiger partial charge in [-0.15, -0.1) is 0 Å². The molecule has 0 amide bonds. The highest BCUT2D eigenvalue weighted by Gasteiger charge is 2.61. The topological polar surface area (TPSA) is 119 Å². The van der Waals surface area contributed by atoms with Crippen molar-refractivity contribution in [2.75, 3.05) is 13.2 Å². The third kappa shape index (κ3) is 4.63. The Kier molecular flexibility index (Phi) is 6.33. The molecule has 8 aliphatic rings. The third-order valence-electron chi connectivity index (χ3n) is 10.6. The average molecular weight is 541 g/mol. The Morgan fingerprint density at radius 2 is 1.42 bits per heavy atom. The molecule has 8 nitrogen and oxygen atoms in total. The van der Waals surface area contributed by atoms with Gasteiger partial charge in [-0.3, -0.25) is 9.59 Å². The van der Waals surface area contributed by atoms with E-state index in [9.17, 15) is 33.4 Å². The first-order valence-electron chi connectivity index (χ1n) is 14.2. The molecule has 0 spiro atoms. The fraction of sp³-hybridized carbons (Fsp3) is 0.893. The van der Waals surface area contributed by atoms with E-state index in [1.807, 2.05) is 0 Å². The summed E-state index contributed by atoms with van der Waals surface area (Å²) in [6, 6.07) is 0. The smallest absolute Gasteiger partial charge is 0.376 e. The molecule has 0 radical (unpaired) electrons. The molecule has 0 aromatic carbocycles. The molecule has 5 atom stereocenters. The predicted octanol–water partition coefficient (Wildman–Crippen LogP) is 3.01. The second-order valence-corrected chi connectivity index (χ2v) is 13.6. The van der Waals surface area contributed by atoms with E-state index in [0.717, 1.165) is 32.1 Å². The van der Waals surface area contributed by atoms with E-state index in [1.54, 1.807) is 0 Å². The molecule has 2 N–H and O–H groups in total. The minimum absolute atomic E-state index is 0.122. The van der Waals surface area contributed by atoms with Gasteiger partial charge in [-0.2, -0.15) is 8.78 Å². The number of hydrogen-bond acceptors (Lipinski definition) is 8. The first-order valence-corrected chi connectivity index (χ1v) is 14.2. The Labute approximate surface area is 220 Å². The Bertz CT molecular complexity index is 962. The van der Waals surface area contributed by atoms with Gasteiger partial charge in [0.15, 0.2) is 0 Å². The maximum Gasteiger partial charge on any atom is 0.376 e. The predicted molar refractivity (Wildman–Crippen MR) is 126 cm³/mol. The van der Waals surface area contributed by atoms with Crippen molar-refractivity contribution >= 4 is 17.9 Å². The fourth-order valence-electron chi connectivity index (χ4n) is 9.66. The summed E-state index contributed by atoms with van der Waals surface area (Å²) >= 11 is 0. The molecule has 8 fully saturated rings. The number of esters is 3. The molecule has 212 valence electrons. The van der Waals surface area contributed by atoms with Gasteiger partial charge in [0, 0.05) is 6.92 Å². The lowest BCUT2D eigenvalue weighted by Crippen LogP contribution is -2.58. The van der Waals surface area contributed by atoms with Gasteiger partial charge in [0.25, 0.3) is 0 Å². The molecule has 0 aromatic heterocycles. The van der Waals surface area contributed by atoms with Crippen LogP contribution in [0.5, 0.6) is 0 Å². The van der Waals surface area contributed by atoms with E-state index in [0.29, 0.717) is 44.9 Å². The minimum Gasteiger partial charge on any atom is -0.463 e. The van der Waals surface area contributed by atoms with Gasteiger partial charge in [0.2, 0.25) is 0 Å². The molecular weight excluding hydrogens is 502 g/mol. The third-order valence-corrected chi connectivity index (χ3v) is 10.6. The molecule has 38 heavy (non-hydrogen) atoms. The highest BCUT2D eigenvalue weighted by atomic mass is 19.3. The van der Waals surface area contributed by atoms with Crippen LogP contribution in [0.1, 0.15) is 71.1 Å². The molecule has 10 heteroatoms. The average Bonchev–Trinajstić information content (AvgIpc) is 2.80. The lowest BCUT2D eigenvalue weighted by atomic mass is 9.48. The number of halogens is 2. The zero-order valence-corrected chi connectivity index (χ0v) is 21.8. The second-order valence-electron chi connectivity index (χ2n) is 13.6. The molecule has 8 saturated carbocycles. The number of carbonyl (C=O) groups is 3. The molecular formula is C28H38F2O8. The van der Waals surface area contributed by atoms with E-state index in [1.165, 1.54) is 0 Å². The summed E-state index contributed by atoms with van der Waals surface area (Å²) in [5, 5.41) is 21.1. The van der Waals surface area contributed by atoms with Gasteiger partial charge in [-0.1, -0.05) is 0 Å². The van der Waals surface area contributed by atoms with Crippen LogP contribution in [0.3, 0.4) is 0 Å². The minimum atomic E-state index is -3.55. The van der Waals surface area contributed by atoms with Crippen LogP contribution in [-0.4, -0.2) is 65.1 Å². The van der Waals surface area contributed by atoms with Gasteiger partial charge in [0.05, 0.1) is 16.9 Å². The highest BCUT2D eigenvalue weighted by Crippen LogP contribution is 2.61. The zero-order valence-electron chi connectivity index (χ0n) is 21.8. The van der Waals surface area contributed by atoms with Crippen molar-refractivity contribution in [3.63, 3.8) is 0 Å². The molecule has 8 rings (SSSR count). The van der Waals surface area contributed by atoms with Crippen LogP contribution in [0, 0.1) is 46.8 Å². The van der Waals surface area contributed by atoms with Crippen LogP contribution in [-0.2, 0) is 28.6 Å². The van der Waals surface area contributed by atoms with Crippen LogP contribution < -0.4 is 0 Å². The monoisotopic (exact) mass is 540 g/mol. The Balaban J connectivity index is 0.991. The Hall–Kier alpha value is -1.81. The number of hydrogen-bond donors (Lipinski definition) is 2. The summed E-state index contributed by atoms with van der Waals surface area (Å²) in [5.41, 5.74) is -1.40. The SMILES string of the molecule is CC(F)(F)C(=O)OC1C2CC3CC1CC(C(=O)OCC(O)COC(=O)C1C4CC5CC1CC(O)(C5)C4)(C3)C2. The summed E-state index contributed by atoms with van der Waals surface area (Å²) in [5.74, 6) is -5.44. The molecule has 0 aliphatic heterocycles. The van der Waals surface area contributed by atoms with Crippen molar-refractivity contribution in [1.29, 1.82) is 0 Å². The zero-order chi connectivity index (χ0) is 27.0. The summed E-state index contributed by atoms with van der Waals surface area (Å²) in [6.45, 7) is -0.0341. The summed E-state index contributed by atoms with van der Waals surface area (Å²) < 4.78 is 43.0. The molecule has 0 aromatic rings. The molecule has 5 unspecified atom stereocenters. The second kappa shape index (κ2) is 9.11. The van der Waals surface area contributed by atoms with Gasteiger partial charge in [-0.05, 0) is 99.7 Å². The lowest BCUT2D eigenvalue weighted by molar-refractivity contribution is -0.208. The lowest BCUT2D eigenvalue weighted by Gasteiger charge is -2.57. The maximum atomic E-state index is 13.4. The Morgan fingerprint density at radius 1 is 0.868 bits per heavy atom. The first-order chi connectivity index (χ1) is 17.8. The quantitative estimate of drug-likeness (QED) is 0.356. The number of ether oxygens (including phenoxy) is 3. The van der Waals surface area contributed by atoms with Crippen LogP contribution in [0.25, 0.3) is 0 Å². The number of rotatable bonds is 8. The van der Waals surface area contributed by atoms with Gasteiger partial charge >= 0.3 is 23.8 Å². The van der Waals surface area contributed by atoms with E-state index in [2.05, 4.69) is 0 Å². The van der Waals surface area contributed by atoms with Crippen molar-refractivity contribution in [2.24, 2.45) is 46.8 Å². The van der Waals surface area contributed by atoms with Gasteiger partial charge in [-0.25, -0.2) is 4.79 Å². The van der Waals surface area contributed by atoms with Crippen molar-refractivity contribution in [3.8, 4) is 0 Å². The van der Waals surface area contributed by atoms with Crippen LogP contribution in [0.15, 0.2) is 0 Å². The standard InChI is InChI=1S/C28H38F2O8/c1-26(29,30)24(33)38-22-18-4-14-5-19(22)9-27(6-14,8-18)25(34)37-13-20(31)12-36-23(32)21-16-2-15-3-17(21)11-28(35,7-15)10-16/h14-22,31,35H,2-13H2,1H3. The van der Waals surface area contributed by atoms with Crippen LogP contribution in [0.2, 0.25) is 0 Å². The first kappa shape index (κ1) is 26.4. The summed E-state index contributed by atoms with van der Waals surface area (Å²) in [7, 11) is 0. The number of aliphatic hydroxyl groups excluding tert-OH is 1. The van der Waals surface area contributed by atoms with E-state index < -0.39 is 41.1 Å². The largest absolute Gasteiger partial charge is 0.463 e. The molecule has 8 aliphatic carbocycles.